The molecule has 4 heteroatoms. The third-order valence-corrected chi connectivity index (χ3v) is 3.90. The molecule has 1 atom stereocenters. The van der Waals surface area contributed by atoms with Gasteiger partial charge in [-0.3, -0.25) is 0 Å². The van der Waals surface area contributed by atoms with E-state index in [1.54, 1.807) is 6.92 Å². The summed E-state index contributed by atoms with van der Waals surface area (Å²) in [7, 11) is 4.03. The van der Waals surface area contributed by atoms with Gasteiger partial charge in [0.25, 0.3) is 0 Å². The summed E-state index contributed by atoms with van der Waals surface area (Å²) in [5.74, 6) is -0.248. The van der Waals surface area contributed by atoms with Gasteiger partial charge in [-0.15, -0.1) is 0 Å². The molecule has 1 aromatic rings. The van der Waals surface area contributed by atoms with Gasteiger partial charge in [-0.25, -0.2) is 4.79 Å². The van der Waals surface area contributed by atoms with Gasteiger partial charge < -0.3 is 14.4 Å². The fourth-order valence-corrected chi connectivity index (χ4v) is 2.36. The molecule has 25 heavy (non-hydrogen) atoms. The molecule has 4 nitrogen and oxygen atoms in total. The quantitative estimate of drug-likeness (QED) is 0.278. The highest BCUT2D eigenvalue weighted by molar-refractivity contribution is 5.87. The highest BCUT2D eigenvalue weighted by Crippen LogP contribution is 2.13. The van der Waals surface area contributed by atoms with Crippen LogP contribution in [0.2, 0.25) is 0 Å². The van der Waals surface area contributed by atoms with Crippen LogP contribution in [0.1, 0.15) is 32.8 Å². The van der Waals surface area contributed by atoms with Gasteiger partial charge >= 0.3 is 5.97 Å². The number of esters is 1. The Hall–Kier alpha value is -1.91. The molecule has 0 bridgehead atoms. The molecule has 0 N–H and O–H groups in total. The Morgan fingerprint density at radius 3 is 2.48 bits per heavy atom. The van der Waals surface area contributed by atoms with Crippen molar-refractivity contribution in [2.45, 2.75) is 39.8 Å². The Morgan fingerprint density at radius 2 is 1.88 bits per heavy atom. The van der Waals surface area contributed by atoms with Gasteiger partial charge in [-0.05, 0) is 46.9 Å². The lowest BCUT2D eigenvalue weighted by molar-refractivity contribution is -0.138. The van der Waals surface area contributed by atoms with Crippen molar-refractivity contribution >= 4 is 5.97 Å². The summed E-state index contributed by atoms with van der Waals surface area (Å²) in [4.78, 5) is 13.9. The van der Waals surface area contributed by atoms with E-state index in [1.165, 1.54) is 11.1 Å². The van der Waals surface area contributed by atoms with Crippen LogP contribution in [0.5, 0.6) is 0 Å². The third kappa shape index (κ3) is 8.66. The molecule has 138 valence electrons. The molecule has 0 aliphatic rings. The van der Waals surface area contributed by atoms with E-state index in [0.29, 0.717) is 25.4 Å². The van der Waals surface area contributed by atoms with Gasteiger partial charge in [-0.2, -0.15) is 0 Å². The normalized spacial score (nSPS) is 13.8. The topological polar surface area (TPSA) is 38.8 Å². The number of hydrogen-bond acceptors (Lipinski definition) is 4. The van der Waals surface area contributed by atoms with E-state index in [2.05, 4.69) is 30.0 Å². The molecule has 0 fully saturated rings. The fraction of sp³-hybridized carbons (Fsp3) is 0.476. The van der Waals surface area contributed by atoms with Gasteiger partial charge in [0.1, 0.15) is 0 Å². The summed E-state index contributed by atoms with van der Waals surface area (Å²) in [5, 5.41) is 0. The molecule has 1 rings (SSSR count). The zero-order valence-corrected chi connectivity index (χ0v) is 16.1. The molecule has 0 aliphatic carbocycles. The van der Waals surface area contributed by atoms with Crippen LogP contribution >= 0.6 is 0 Å². The van der Waals surface area contributed by atoms with Crippen LogP contribution in [-0.2, 0) is 20.9 Å². The number of rotatable bonds is 10. The van der Waals surface area contributed by atoms with Gasteiger partial charge in [0, 0.05) is 11.6 Å². The maximum Gasteiger partial charge on any atom is 0.333 e. The largest absolute Gasteiger partial charge is 0.463 e. The lowest BCUT2D eigenvalue weighted by atomic mass is 10.0. The molecular formula is C21H31NO3. The lowest BCUT2D eigenvalue weighted by Crippen LogP contribution is -2.27. The van der Waals surface area contributed by atoms with Crippen LogP contribution in [0.3, 0.4) is 0 Å². The summed E-state index contributed by atoms with van der Waals surface area (Å²) >= 11 is 0. The zero-order valence-electron chi connectivity index (χ0n) is 16.1. The van der Waals surface area contributed by atoms with E-state index in [4.69, 9.17) is 9.47 Å². The van der Waals surface area contributed by atoms with Crippen molar-refractivity contribution < 1.29 is 14.3 Å². The van der Waals surface area contributed by atoms with Crippen molar-refractivity contribution in [3.05, 3.63) is 59.2 Å². The van der Waals surface area contributed by atoms with Crippen molar-refractivity contribution in [1.82, 2.24) is 4.90 Å². The second-order valence-electron chi connectivity index (χ2n) is 6.36. The Morgan fingerprint density at radius 1 is 1.20 bits per heavy atom. The number of likely N-dealkylation sites (N-methyl/N-ethyl adjacent to an activating group) is 1. The van der Waals surface area contributed by atoms with Crippen molar-refractivity contribution in [2.24, 2.45) is 0 Å². The Labute approximate surface area is 152 Å². The first-order valence-corrected chi connectivity index (χ1v) is 8.73. The summed E-state index contributed by atoms with van der Waals surface area (Å²) in [6, 6.07) is 10.3. The van der Waals surface area contributed by atoms with Gasteiger partial charge in [0.15, 0.2) is 0 Å². The first kappa shape index (κ1) is 21.1. The van der Waals surface area contributed by atoms with E-state index in [9.17, 15) is 4.79 Å². The molecule has 0 saturated carbocycles. The van der Waals surface area contributed by atoms with E-state index in [-0.39, 0.29) is 12.0 Å². The Balaban J connectivity index is 2.53. The molecule has 0 amide bonds. The fourth-order valence-electron chi connectivity index (χ4n) is 2.36. The van der Waals surface area contributed by atoms with Crippen molar-refractivity contribution in [1.29, 1.82) is 0 Å². The number of carbonyl (C=O) groups is 1. The van der Waals surface area contributed by atoms with Crippen LogP contribution in [-0.4, -0.2) is 44.2 Å². The van der Waals surface area contributed by atoms with Crippen molar-refractivity contribution in [3.63, 3.8) is 0 Å². The van der Waals surface area contributed by atoms with Crippen LogP contribution < -0.4 is 0 Å². The molecule has 0 aromatic heterocycles. The highest BCUT2D eigenvalue weighted by atomic mass is 16.5. The second-order valence-corrected chi connectivity index (χ2v) is 6.36. The molecule has 0 radical (unpaired) electrons. The predicted octanol–water partition coefficient (Wildman–Crippen LogP) is 3.98. The smallest absolute Gasteiger partial charge is 0.333 e. The minimum absolute atomic E-state index is 0.148. The predicted molar refractivity (Wildman–Crippen MR) is 102 cm³/mol. The van der Waals surface area contributed by atoms with E-state index in [0.717, 1.165) is 6.42 Å². The zero-order chi connectivity index (χ0) is 18.7. The molecular weight excluding hydrogens is 314 g/mol. The van der Waals surface area contributed by atoms with E-state index >= 15 is 0 Å². The molecule has 0 saturated heterocycles. The first-order chi connectivity index (χ1) is 11.9. The van der Waals surface area contributed by atoms with E-state index in [1.807, 2.05) is 45.3 Å². The summed E-state index contributed by atoms with van der Waals surface area (Å²) < 4.78 is 10.8. The third-order valence-electron chi connectivity index (χ3n) is 3.90. The van der Waals surface area contributed by atoms with Gasteiger partial charge in [0.05, 0.1) is 19.8 Å². The average molecular weight is 345 g/mol. The molecule has 0 aliphatic heterocycles. The molecule has 1 unspecified atom stereocenters. The number of ether oxygens (including phenoxy) is 2. The van der Waals surface area contributed by atoms with Gasteiger partial charge in [0.2, 0.25) is 0 Å². The second kappa shape index (κ2) is 11.6. The highest BCUT2D eigenvalue weighted by Gasteiger charge is 2.13. The van der Waals surface area contributed by atoms with Crippen molar-refractivity contribution in [2.75, 3.05) is 27.3 Å². The minimum atomic E-state index is -0.248. The maximum atomic E-state index is 11.8. The Bertz CT molecular complexity index is 576. The average Bonchev–Trinajstić information content (AvgIpc) is 2.59. The van der Waals surface area contributed by atoms with Crippen LogP contribution in [0.25, 0.3) is 0 Å². The molecule has 1 aromatic carbocycles. The summed E-state index contributed by atoms with van der Waals surface area (Å²) in [5.41, 5.74) is 3.06. The number of carbonyl (C=O) groups excluding carboxylic acids is 1. The van der Waals surface area contributed by atoms with Crippen LogP contribution in [0, 0.1) is 0 Å². The monoisotopic (exact) mass is 345 g/mol. The summed E-state index contributed by atoms with van der Waals surface area (Å²) in [6.45, 7) is 7.31. The van der Waals surface area contributed by atoms with Crippen molar-refractivity contribution in [3.8, 4) is 0 Å². The standard InChI is InChI=1S/C21H31NO3/c1-6-25-21(23)18(3)15-20(22(4)5)14-17(2)12-13-24-16-19-10-8-7-9-11-19/h7-12,15,20H,6,13-14,16H2,1-5H3/b17-12-,18-15+. The maximum absolute atomic E-state index is 11.8. The SMILES string of the molecule is CCOC(=O)/C(C)=C/C(C/C(C)=C\COCc1ccccc1)N(C)C. The van der Waals surface area contributed by atoms with Crippen LogP contribution in [0.4, 0.5) is 0 Å². The lowest BCUT2D eigenvalue weighted by Gasteiger charge is -2.22. The molecule has 0 heterocycles. The number of hydrogen-bond donors (Lipinski definition) is 0. The summed E-state index contributed by atoms with van der Waals surface area (Å²) in [6.07, 6.45) is 4.92. The first-order valence-electron chi connectivity index (χ1n) is 8.73. The number of benzene rings is 1. The Kier molecular flexibility index (Phi) is 9.81. The van der Waals surface area contributed by atoms with E-state index < -0.39 is 0 Å². The van der Waals surface area contributed by atoms with Crippen LogP contribution in [0.15, 0.2) is 53.6 Å². The minimum Gasteiger partial charge on any atom is -0.463 e. The molecule has 0 spiro atoms. The number of nitrogens with zero attached hydrogens (tertiary/aromatic N) is 1. The van der Waals surface area contributed by atoms with Gasteiger partial charge in [-0.1, -0.05) is 48.1 Å².